The van der Waals surface area contributed by atoms with Crippen LogP contribution in [0.3, 0.4) is 0 Å². The Morgan fingerprint density at radius 3 is 2.20 bits per heavy atom. The summed E-state index contributed by atoms with van der Waals surface area (Å²) in [6.45, 7) is -0.282. The molecule has 6 heteroatoms. The summed E-state index contributed by atoms with van der Waals surface area (Å²) in [6, 6.07) is 0. The Labute approximate surface area is 60.2 Å². The number of sulfonamides is 1. The second-order valence-electron chi connectivity index (χ2n) is 1.70. The molecule has 0 unspecified atom stereocenters. The molecule has 0 heterocycles. The minimum atomic E-state index is -3.33. The molecule has 0 saturated heterocycles. The van der Waals surface area contributed by atoms with Crippen LogP contribution >= 0.6 is 0 Å². The first-order valence-electron chi connectivity index (χ1n) is 2.65. The summed E-state index contributed by atoms with van der Waals surface area (Å²) < 4.78 is 22.0. The second-order valence-corrected chi connectivity index (χ2v) is 3.57. The molecule has 0 spiro atoms. The average molecular weight is 169 g/mol. The minimum absolute atomic E-state index is 0.0324. The van der Waals surface area contributed by atoms with E-state index in [-0.39, 0.29) is 13.2 Å². The maximum Gasteiger partial charge on any atom is 0.233 e. The third-order valence-electron chi connectivity index (χ3n) is 0.856. The summed E-state index contributed by atoms with van der Waals surface area (Å²) in [5, 5.41) is 8.35. The number of hydrogen-bond acceptors (Lipinski definition) is 4. The molecular weight excluding hydrogens is 158 g/mol. The van der Waals surface area contributed by atoms with Gasteiger partial charge in [0.05, 0.1) is 26.5 Å². The van der Waals surface area contributed by atoms with Gasteiger partial charge in [-0.2, -0.15) is 0 Å². The average Bonchev–Trinajstić information content (AvgIpc) is 1.80. The van der Waals surface area contributed by atoms with Crippen LogP contribution in [0.15, 0.2) is 0 Å². The van der Waals surface area contributed by atoms with E-state index in [0.717, 1.165) is 6.26 Å². The van der Waals surface area contributed by atoms with Crippen LogP contribution in [0.25, 0.3) is 0 Å². The van der Waals surface area contributed by atoms with Crippen LogP contribution in [-0.2, 0) is 14.9 Å². The number of aliphatic hydroxyl groups excluding tert-OH is 1. The topological polar surface area (TPSA) is 66.8 Å². The lowest BCUT2D eigenvalue weighted by Crippen LogP contribution is -2.31. The smallest absolute Gasteiger partial charge is 0.233 e. The van der Waals surface area contributed by atoms with Crippen LogP contribution in [0.2, 0.25) is 0 Å². The Hall–Kier alpha value is -0.170. The van der Waals surface area contributed by atoms with Gasteiger partial charge in [-0.25, -0.2) is 8.42 Å². The van der Waals surface area contributed by atoms with E-state index < -0.39 is 10.0 Å². The van der Waals surface area contributed by atoms with E-state index in [4.69, 9.17) is 5.11 Å². The fourth-order valence-corrected chi connectivity index (χ4v) is 1.16. The molecule has 0 aromatic carbocycles. The first-order chi connectivity index (χ1) is 4.52. The Kier molecular flexibility index (Phi) is 3.80. The molecule has 0 aliphatic rings. The molecule has 0 amide bonds. The van der Waals surface area contributed by atoms with Gasteiger partial charge in [-0.05, 0) is 0 Å². The monoisotopic (exact) mass is 169 g/mol. The molecular formula is C4H11NO4S. The molecule has 0 aromatic heterocycles. The molecule has 0 aromatic rings. The molecule has 62 valence electrons. The van der Waals surface area contributed by atoms with Crippen molar-refractivity contribution in [2.45, 2.75) is 0 Å². The maximum absolute atomic E-state index is 10.6. The van der Waals surface area contributed by atoms with Gasteiger partial charge >= 0.3 is 0 Å². The molecule has 0 aliphatic heterocycles. The predicted octanol–water partition coefficient (Wildman–Crippen LogP) is -1.20. The third-order valence-corrected chi connectivity index (χ3v) is 1.93. The van der Waals surface area contributed by atoms with Crippen LogP contribution in [0.4, 0.5) is 0 Å². The molecule has 5 nitrogen and oxygen atoms in total. The number of nitrogens with zero attached hydrogens (tertiary/aromatic N) is 1. The summed E-state index contributed by atoms with van der Waals surface area (Å²) >= 11 is 0. The molecule has 0 saturated carbocycles. The number of hydroxylamine groups is 1. The first-order valence-corrected chi connectivity index (χ1v) is 4.50. The van der Waals surface area contributed by atoms with E-state index in [9.17, 15) is 8.42 Å². The Morgan fingerprint density at radius 1 is 1.60 bits per heavy atom. The highest BCUT2D eigenvalue weighted by molar-refractivity contribution is 7.88. The van der Waals surface area contributed by atoms with Gasteiger partial charge in [0.15, 0.2) is 0 Å². The number of rotatable bonds is 4. The summed E-state index contributed by atoms with van der Waals surface area (Å²) in [5.74, 6) is 0. The van der Waals surface area contributed by atoms with Crippen molar-refractivity contribution in [3.8, 4) is 0 Å². The van der Waals surface area contributed by atoms with Gasteiger partial charge in [0.2, 0.25) is 10.0 Å². The largest absolute Gasteiger partial charge is 0.395 e. The van der Waals surface area contributed by atoms with Crippen molar-refractivity contribution in [2.24, 2.45) is 0 Å². The zero-order valence-corrected chi connectivity index (χ0v) is 6.76. The zero-order chi connectivity index (χ0) is 8.20. The number of hydrogen-bond donors (Lipinski definition) is 1. The lowest BCUT2D eigenvalue weighted by Gasteiger charge is -2.14. The molecule has 0 aliphatic carbocycles. The first kappa shape index (κ1) is 9.83. The second kappa shape index (κ2) is 3.87. The van der Waals surface area contributed by atoms with E-state index in [0.29, 0.717) is 4.47 Å². The molecule has 0 fully saturated rings. The van der Waals surface area contributed by atoms with E-state index in [1.165, 1.54) is 7.11 Å². The highest BCUT2D eigenvalue weighted by Crippen LogP contribution is 1.94. The third kappa shape index (κ3) is 3.11. The quantitative estimate of drug-likeness (QED) is 0.537. The fraction of sp³-hybridized carbons (Fsp3) is 1.00. The number of aliphatic hydroxyl groups is 1. The summed E-state index contributed by atoms with van der Waals surface area (Å²) in [4.78, 5) is 4.44. The van der Waals surface area contributed by atoms with Gasteiger partial charge in [0, 0.05) is 0 Å². The lowest BCUT2D eigenvalue weighted by atomic mass is 10.7. The molecule has 0 rings (SSSR count). The normalized spacial score (nSPS) is 12.4. The minimum Gasteiger partial charge on any atom is -0.395 e. The molecule has 10 heavy (non-hydrogen) atoms. The Morgan fingerprint density at radius 2 is 2.10 bits per heavy atom. The SMILES string of the molecule is CON(CCO)S(C)(=O)=O. The molecule has 0 bridgehead atoms. The van der Waals surface area contributed by atoms with Crippen molar-refractivity contribution in [2.75, 3.05) is 26.5 Å². The van der Waals surface area contributed by atoms with Gasteiger partial charge in [-0.15, -0.1) is 0 Å². The Balaban J connectivity index is 4.08. The fourth-order valence-electron chi connectivity index (χ4n) is 0.474. The molecule has 0 atom stereocenters. The van der Waals surface area contributed by atoms with Crippen LogP contribution in [0, 0.1) is 0 Å². The van der Waals surface area contributed by atoms with Crippen molar-refractivity contribution >= 4 is 10.0 Å². The Bertz CT molecular complexity index is 176. The van der Waals surface area contributed by atoms with Crippen LogP contribution in [-0.4, -0.2) is 44.5 Å². The highest BCUT2D eigenvalue weighted by atomic mass is 32.2. The van der Waals surface area contributed by atoms with Gasteiger partial charge in [-0.3, -0.25) is 4.84 Å². The van der Waals surface area contributed by atoms with Crippen LogP contribution in [0.5, 0.6) is 0 Å². The summed E-state index contributed by atoms with van der Waals surface area (Å²) in [5.41, 5.74) is 0. The van der Waals surface area contributed by atoms with Crippen molar-refractivity contribution in [1.82, 2.24) is 4.47 Å². The summed E-state index contributed by atoms with van der Waals surface area (Å²) in [6.07, 6.45) is 1.01. The highest BCUT2D eigenvalue weighted by Gasteiger charge is 2.13. The van der Waals surface area contributed by atoms with E-state index in [1.54, 1.807) is 0 Å². The van der Waals surface area contributed by atoms with Crippen LogP contribution < -0.4 is 0 Å². The van der Waals surface area contributed by atoms with Crippen molar-refractivity contribution in [3.63, 3.8) is 0 Å². The van der Waals surface area contributed by atoms with E-state index in [1.807, 2.05) is 0 Å². The molecule has 1 N–H and O–H groups in total. The van der Waals surface area contributed by atoms with Crippen molar-refractivity contribution < 1.29 is 18.4 Å². The maximum atomic E-state index is 10.6. The van der Waals surface area contributed by atoms with E-state index in [2.05, 4.69) is 4.84 Å². The van der Waals surface area contributed by atoms with Crippen molar-refractivity contribution in [3.05, 3.63) is 0 Å². The van der Waals surface area contributed by atoms with Gasteiger partial charge in [-0.1, -0.05) is 4.47 Å². The van der Waals surface area contributed by atoms with Crippen LogP contribution in [0.1, 0.15) is 0 Å². The summed E-state index contributed by atoms with van der Waals surface area (Å²) in [7, 11) is -2.09. The molecule has 0 radical (unpaired) electrons. The predicted molar refractivity (Wildman–Crippen MR) is 35.6 cm³/mol. The van der Waals surface area contributed by atoms with Crippen molar-refractivity contribution in [1.29, 1.82) is 0 Å². The van der Waals surface area contributed by atoms with Gasteiger partial charge < -0.3 is 5.11 Å². The van der Waals surface area contributed by atoms with Gasteiger partial charge in [0.1, 0.15) is 0 Å². The van der Waals surface area contributed by atoms with Gasteiger partial charge in [0.25, 0.3) is 0 Å². The lowest BCUT2D eigenvalue weighted by molar-refractivity contribution is -0.0558. The van der Waals surface area contributed by atoms with E-state index >= 15 is 0 Å². The standard InChI is InChI=1S/C4H11NO4S/c1-9-5(3-4-6)10(2,7)8/h6H,3-4H2,1-2H3. The zero-order valence-electron chi connectivity index (χ0n) is 5.94.